The molecule has 232 valence electrons. The van der Waals surface area contributed by atoms with Gasteiger partial charge in [0.15, 0.2) is 5.82 Å². The van der Waals surface area contributed by atoms with Gasteiger partial charge in [0.25, 0.3) is 0 Å². The van der Waals surface area contributed by atoms with Gasteiger partial charge in [0.2, 0.25) is 0 Å². The van der Waals surface area contributed by atoms with Crippen molar-refractivity contribution in [3.8, 4) is 22.8 Å². The van der Waals surface area contributed by atoms with E-state index in [0.29, 0.717) is 0 Å². The van der Waals surface area contributed by atoms with Crippen LogP contribution in [0, 0.1) is 0 Å². The van der Waals surface area contributed by atoms with Crippen LogP contribution in [-0.4, -0.2) is 19.1 Å². The Balaban J connectivity index is 1.31. The van der Waals surface area contributed by atoms with Crippen molar-refractivity contribution in [3.63, 3.8) is 0 Å². The van der Waals surface area contributed by atoms with Crippen LogP contribution >= 0.6 is 0 Å². The molecule has 8 aromatic carbocycles. The summed E-state index contributed by atoms with van der Waals surface area (Å²) >= 11 is 0. The number of rotatable bonds is 3. The summed E-state index contributed by atoms with van der Waals surface area (Å²) in [6, 6.07) is 60.8. The standard InChI is InChI=1S/C46H28N4/c1-2-13-30(14-3-1)45-46(48-40-20-10-9-19-39(40)47-45)50-41-21-11-8-18-35(41)37-27-38-36-25-32-16-6-7-17-33(32)26-42(36)49(43(38)28-44(37)50)34-23-22-29-12-4-5-15-31(29)24-34/h1-28H. The normalized spacial score (nSPS) is 12.0. The van der Waals surface area contributed by atoms with Crippen molar-refractivity contribution in [2.75, 3.05) is 0 Å². The maximum absolute atomic E-state index is 5.36. The monoisotopic (exact) mass is 636 g/mol. The van der Waals surface area contributed by atoms with Crippen molar-refractivity contribution in [1.82, 2.24) is 19.1 Å². The zero-order valence-electron chi connectivity index (χ0n) is 27.0. The highest BCUT2D eigenvalue weighted by Crippen LogP contribution is 2.42. The van der Waals surface area contributed by atoms with Crippen LogP contribution in [0.15, 0.2) is 170 Å². The van der Waals surface area contributed by atoms with E-state index in [1.54, 1.807) is 0 Å². The molecule has 0 amide bonds. The van der Waals surface area contributed by atoms with E-state index in [0.717, 1.165) is 50.3 Å². The van der Waals surface area contributed by atoms with E-state index in [1.165, 1.54) is 48.6 Å². The molecular weight excluding hydrogens is 609 g/mol. The van der Waals surface area contributed by atoms with E-state index in [9.17, 15) is 0 Å². The largest absolute Gasteiger partial charge is 0.309 e. The van der Waals surface area contributed by atoms with Gasteiger partial charge in [0.1, 0.15) is 5.69 Å². The van der Waals surface area contributed by atoms with Crippen molar-refractivity contribution in [1.29, 1.82) is 0 Å². The second-order valence-electron chi connectivity index (χ2n) is 13.1. The summed E-state index contributed by atoms with van der Waals surface area (Å²) in [4.78, 5) is 10.6. The molecule has 3 heterocycles. The van der Waals surface area contributed by atoms with E-state index >= 15 is 0 Å². The average Bonchev–Trinajstić information content (AvgIpc) is 3.66. The molecule has 11 aromatic rings. The first-order valence-corrected chi connectivity index (χ1v) is 17.0. The molecule has 0 N–H and O–H groups in total. The molecule has 4 nitrogen and oxygen atoms in total. The Morgan fingerprint density at radius 2 is 0.920 bits per heavy atom. The minimum atomic E-state index is 0.819. The smallest absolute Gasteiger partial charge is 0.165 e. The van der Waals surface area contributed by atoms with E-state index < -0.39 is 0 Å². The highest BCUT2D eigenvalue weighted by molar-refractivity contribution is 6.21. The quantitative estimate of drug-likeness (QED) is 0.193. The summed E-state index contributed by atoms with van der Waals surface area (Å²) in [5, 5.41) is 9.74. The lowest BCUT2D eigenvalue weighted by Gasteiger charge is -2.14. The van der Waals surface area contributed by atoms with Crippen molar-refractivity contribution in [3.05, 3.63) is 170 Å². The Morgan fingerprint density at radius 3 is 1.74 bits per heavy atom. The average molecular weight is 637 g/mol. The number of fused-ring (bicyclic) bond motifs is 9. The van der Waals surface area contributed by atoms with Crippen molar-refractivity contribution in [2.24, 2.45) is 0 Å². The molecule has 3 aromatic heterocycles. The molecule has 0 radical (unpaired) electrons. The predicted molar refractivity (Wildman–Crippen MR) is 209 cm³/mol. The highest BCUT2D eigenvalue weighted by atomic mass is 15.1. The van der Waals surface area contributed by atoms with E-state index in [1.807, 2.05) is 24.3 Å². The third-order valence-corrected chi connectivity index (χ3v) is 10.2. The lowest BCUT2D eigenvalue weighted by molar-refractivity contribution is 1.08. The van der Waals surface area contributed by atoms with E-state index in [-0.39, 0.29) is 0 Å². The van der Waals surface area contributed by atoms with Gasteiger partial charge in [0.05, 0.1) is 33.1 Å². The van der Waals surface area contributed by atoms with Crippen LogP contribution in [0.5, 0.6) is 0 Å². The van der Waals surface area contributed by atoms with Gasteiger partial charge in [-0.1, -0.05) is 115 Å². The molecule has 0 bridgehead atoms. The number of hydrogen-bond donors (Lipinski definition) is 0. The van der Waals surface area contributed by atoms with Gasteiger partial charge >= 0.3 is 0 Å². The fourth-order valence-electron chi connectivity index (χ4n) is 7.92. The molecule has 0 saturated heterocycles. The molecule has 0 fully saturated rings. The summed E-state index contributed by atoms with van der Waals surface area (Å²) in [6.45, 7) is 0. The van der Waals surface area contributed by atoms with E-state index in [2.05, 4.69) is 155 Å². The summed E-state index contributed by atoms with van der Waals surface area (Å²) < 4.78 is 4.76. The molecule has 0 spiro atoms. The van der Waals surface area contributed by atoms with Gasteiger partial charge in [-0.3, -0.25) is 4.57 Å². The highest BCUT2D eigenvalue weighted by Gasteiger charge is 2.22. The van der Waals surface area contributed by atoms with Gasteiger partial charge in [-0.15, -0.1) is 0 Å². The van der Waals surface area contributed by atoms with Crippen LogP contribution in [0.1, 0.15) is 0 Å². The van der Waals surface area contributed by atoms with Crippen LogP contribution < -0.4 is 0 Å². The molecule has 0 atom stereocenters. The first kappa shape index (κ1) is 27.2. The Morgan fingerprint density at radius 1 is 0.340 bits per heavy atom. The van der Waals surface area contributed by atoms with Crippen LogP contribution in [0.2, 0.25) is 0 Å². The summed E-state index contributed by atoms with van der Waals surface area (Å²) in [5.74, 6) is 0.819. The zero-order valence-corrected chi connectivity index (χ0v) is 27.0. The number of aromatic nitrogens is 4. The number of benzene rings is 8. The van der Waals surface area contributed by atoms with Gasteiger partial charge in [0, 0.05) is 32.8 Å². The topological polar surface area (TPSA) is 35.6 Å². The van der Waals surface area contributed by atoms with Crippen LogP contribution in [0.3, 0.4) is 0 Å². The van der Waals surface area contributed by atoms with Crippen LogP contribution in [0.4, 0.5) is 0 Å². The summed E-state index contributed by atoms with van der Waals surface area (Å²) in [7, 11) is 0. The SMILES string of the molecule is c1ccc(-c2nc3ccccc3nc2-n2c3ccccc3c3cc4c5cc6ccccc6cc5n(-c5ccc6ccccc6c5)c4cc32)cc1. The third-order valence-electron chi connectivity index (χ3n) is 10.2. The zero-order chi connectivity index (χ0) is 32.8. The first-order chi connectivity index (χ1) is 24.8. The molecule has 0 aliphatic carbocycles. The third kappa shape index (κ3) is 3.93. The van der Waals surface area contributed by atoms with Crippen molar-refractivity contribution >= 4 is 76.2 Å². The predicted octanol–water partition coefficient (Wildman–Crippen LogP) is 11.8. The molecule has 11 rings (SSSR count). The van der Waals surface area contributed by atoms with E-state index in [4.69, 9.17) is 9.97 Å². The Bertz CT molecular complexity index is 3150. The number of hydrogen-bond acceptors (Lipinski definition) is 2. The van der Waals surface area contributed by atoms with Crippen molar-refractivity contribution in [2.45, 2.75) is 0 Å². The summed E-state index contributed by atoms with van der Waals surface area (Å²) in [6.07, 6.45) is 0. The fraction of sp³-hybridized carbons (Fsp3) is 0. The van der Waals surface area contributed by atoms with Crippen molar-refractivity contribution < 1.29 is 0 Å². The first-order valence-electron chi connectivity index (χ1n) is 17.0. The second kappa shape index (κ2) is 10.4. The Labute approximate surface area is 287 Å². The van der Waals surface area contributed by atoms with Crippen LogP contribution in [0.25, 0.3) is 99.0 Å². The lowest BCUT2D eigenvalue weighted by Crippen LogP contribution is -2.03. The maximum Gasteiger partial charge on any atom is 0.165 e. The van der Waals surface area contributed by atoms with Gasteiger partial charge in [-0.25, -0.2) is 9.97 Å². The number of para-hydroxylation sites is 3. The molecule has 0 aliphatic rings. The maximum atomic E-state index is 5.36. The second-order valence-corrected chi connectivity index (χ2v) is 13.1. The fourth-order valence-corrected chi connectivity index (χ4v) is 7.92. The molecule has 0 aliphatic heterocycles. The lowest BCUT2D eigenvalue weighted by atomic mass is 10.0. The molecule has 50 heavy (non-hydrogen) atoms. The molecular formula is C46H28N4. The number of nitrogens with zero attached hydrogens (tertiary/aromatic N) is 4. The van der Waals surface area contributed by atoms with Crippen LogP contribution in [-0.2, 0) is 0 Å². The van der Waals surface area contributed by atoms with Gasteiger partial charge in [-0.05, 0) is 76.1 Å². The Hall–Kier alpha value is -6.78. The minimum Gasteiger partial charge on any atom is -0.309 e. The molecule has 4 heteroatoms. The molecule has 0 saturated carbocycles. The van der Waals surface area contributed by atoms with Gasteiger partial charge < -0.3 is 4.57 Å². The van der Waals surface area contributed by atoms with Gasteiger partial charge in [-0.2, -0.15) is 0 Å². The summed E-state index contributed by atoms with van der Waals surface area (Å²) in [5.41, 5.74) is 9.30. The molecule has 0 unspecified atom stereocenters. The minimum absolute atomic E-state index is 0.819. The Kier molecular flexibility index (Phi) is 5.63.